The molecule has 2 aromatic rings. The molecule has 0 atom stereocenters. The Morgan fingerprint density at radius 2 is 2.04 bits per heavy atom. The molecule has 1 aliphatic heterocycles. The molecule has 0 spiro atoms. The molecule has 124 valence electrons. The molecule has 0 unspecified atom stereocenters. The maximum Gasteiger partial charge on any atom is 0.229 e. The summed E-state index contributed by atoms with van der Waals surface area (Å²) in [6, 6.07) is 4.07. The quantitative estimate of drug-likeness (QED) is 0.775. The predicted molar refractivity (Wildman–Crippen MR) is 96.5 cm³/mol. The number of alkyl halides is 1. The van der Waals surface area contributed by atoms with E-state index in [0.29, 0.717) is 19.0 Å². The molecule has 3 heterocycles. The second-order valence-electron chi connectivity index (χ2n) is 6.16. The average Bonchev–Trinajstić information content (AvgIpc) is 3.25. The van der Waals surface area contributed by atoms with Gasteiger partial charge in [0.1, 0.15) is 0 Å². The summed E-state index contributed by atoms with van der Waals surface area (Å²) in [5.41, 5.74) is -0.501. The van der Waals surface area contributed by atoms with Gasteiger partial charge in [0.15, 0.2) is 5.01 Å². The fraction of sp³-hybridized carbons (Fsp3) is 0.533. The van der Waals surface area contributed by atoms with E-state index in [1.165, 1.54) is 0 Å². The van der Waals surface area contributed by atoms with Gasteiger partial charge in [-0.15, -0.1) is 33.1 Å². The van der Waals surface area contributed by atoms with Crippen molar-refractivity contribution in [2.45, 2.75) is 13.8 Å². The van der Waals surface area contributed by atoms with Crippen molar-refractivity contribution in [3.05, 3.63) is 17.5 Å². The van der Waals surface area contributed by atoms with Crippen LogP contribution in [-0.2, 0) is 4.79 Å². The Kier molecular flexibility index (Phi) is 4.89. The number of nitrogens with zero attached hydrogens (tertiary/aromatic N) is 4. The van der Waals surface area contributed by atoms with Crippen LogP contribution in [0.3, 0.4) is 0 Å². The molecule has 3 rings (SSSR count). The number of rotatable bonds is 4. The maximum atomic E-state index is 12.5. The summed E-state index contributed by atoms with van der Waals surface area (Å²) in [5, 5.41) is 12.5. The van der Waals surface area contributed by atoms with Gasteiger partial charge < -0.3 is 9.80 Å². The highest BCUT2D eigenvalue weighted by Gasteiger charge is 2.33. The van der Waals surface area contributed by atoms with Crippen LogP contribution in [0.4, 0.5) is 5.13 Å². The number of hydrogen-bond acceptors (Lipinski definition) is 6. The molecule has 1 fully saturated rings. The van der Waals surface area contributed by atoms with Crippen molar-refractivity contribution >= 4 is 45.3 Å². The first-order valence-electron chi connectivity index (χ1n) is 7.49. The lowest BCUT2D eigenvalue weighted by Gasteiger charge is -2.37. The average molecular weight is 371 g/mol. The number of carbonyl (C=O) groups excluding carboxylic acids is 1. The summed E-state index contributed by atoms with van der Waals surface area (Å²) in [4.78, 5) is 17.7. The molecule has 0 aromatic carbocycles. The SMILES string of the molecule is CC(C)(CCl)C(=O)N1CCN(c2nnc(-c3cccs3)s2)CC1. The zero-order valence-corrected chi connectivity index (χ0v) is 15.5. The first kappa shape index (κ1) is 16.7. The van der Waals surface area contributed by atoms with Gasteiger partial charge >= 0.3 is 0 Å². The van der Waals surface area contributed by atoms with Crippen LogP contribution < -0.4 is 4.90 Å². The minimum absolute atomic E-state index is 0.128. The number of anilines is 1. The van der Waals surface area contributed by atoms with Crippen LogP contribution in [-0.4, -0.2) is 53.1 Å². The van der Waals surface area contributed by atoms with Crippen molar-refractivity contribution < 1.29 is 4.79 Å². The number of hydrogen-bond donors (Lipinski definition) is 0. The number of thiophene rings is 1. The minimum atomic E-state index is -0.501. The lowest BCUT2D eigenvalue weighted by atomic mass is 9.94. The second kappa shape index (κ2) is 6.75. The molecular formula is C15H19ClN4OS2. The van der Waals surface area contributed by atoms with Gasteiger partial charge in [0.05, 0.1) is 10.3 Å². The second-order valence-corrected chi connectivity index (χ2v) is 8.33. The fourth-order valence-corrected chi connectivity index (χ4v) is 4.23. The molecule has 0 saturated carbocycles. The van der Waals surface area contributed by atoms with Crippen molar-refractivity contribution in [1.82, 2.24) is 15.1 Å². The van der Waals surface area contributed by atoms with E-state index >= 15 is 0 Å². The van der Waals surface area contributed by atoms with Crippen molar-refractivity contribution in [2.24, 2.45) is 5.41 Å². The number of halogens is 1. The van der Waals surface area contributed by atoms with Crippen LogP contribution in [0.5, 0.6) is 0 Å². The zero-order chi connectivity index (χ0) is 16.4. The molecule has 0 bridgehead atoms. The van der Waals surface area contributed by atoms with E-state index in [-0.39, 0.29) is 5.91 Å². The third-order valence-corrected chi connectivity index (χ3v) is 6.59. The zero-order valence-electron chi connectivity index (χ0n) is 13.2. The lowest BCUT2D eigenvalue weighted by molar-refractivity contribution is -0.139. The lowest BCUT2D eigenvalue weighted by Crippen LogP contribution is -2.52. The molecule has 2 aromatic heterocycles. The summed E-state index contributed by atoms with van der Waals surface area (Å²) in [6.07, 6.45) is 0. The van der Waals surface area contributed by atoms with E-state index < -0.39 is 5.41 Å². The fourth-order valence-electron chi connectivity index (χ4n) is 2.43. The molecule has 1 amide bonds. The van der Waals surface area contributed by atoms with Crippen molar-refractivity contribution in [1.29, 1.82) is 0 Å². The Bertz CT molecular complexity index is 663. The molecule has 0 radical (unpaired) electrons. The highest BCUT2D eigenvalue weighted by Crippen LogP contribution is 2.32. The van der Waals surface area contributed by atoms with Crippen molar-refractivity contribution in [2.75, 3.05) is 37.0 Å². The van der Waals surface area contributed by atoms with Gasteiger partial charge in [-0.1, -0.05) is 17.4 Å². The van der Waals surface area contributed by atoms with Gasteiger partial charge in [-0.3, -0.25) is 4.79 Å². The molecule has 1 saturated heterocycles. The monoisotopic (exact) mass is 370 g/mol. The van der Waals surface area contributed by atoms with Gasteiger partial charge in [-0.25, -0.2) is 0 Å². The first-order valence-corrected chi connectivity index (χ1v) is 9.72. The van der Waals surface area contributed by atoms with Crippen LogP contribution in [0.1, 0.15) is 13.8 Å². The van der Waals surface area contributed by atoms with E-state index in [1.54, 1.807) is 22.7 Å². The van der Waals surface area contributed by atoms with Crippen LogP contribution in [0.25, 0.3) is 9.88 Å². The first-order chi connectivity index (χ1) is 11.0. The molecule has 5 nitrogen and oxygen atoms in total. The Hall–Kier alpha value is -1.18. The number of amides is 1. The van der Waals surface area contributed by atoms with Crippen LogP contribution >= 0.6 is 34.3 Å². The highest BCUT2D eigenvalue weighted by molar-refractivity contribution is 7.22. The van der Waals surface area contributed by atoms with E-state index in [0.717, 1.165) is 28.1 Å². The van der Waals surface area contributed by atoms with Crippen molar-refractivity contribution in [3.8, 4) is 9.88 Å². The third kappa shape index (κ3) is 3.51. The third-order valence-electron chi connectivity index (χ3n) is 3.90. The predicted octanol–water partition coefficient (Wildman–Crippen LogP) is 3.18. The molecule has 1 aliphatic rings. The molecule has 0 aliphatic carbocycles. The van der Waals surface area contributed by atoms with Crippen LogP contribution in [0, 0.1) is 5.41 Å². The van der Waals surface area contributed by atoms with Crippen molar-refractivity contribution in [3.63, 3.8) is 0 Å². The van der Waals surface area contributed by atoms with Crippen LogP contribution in [0.2, 0.25) is 0 Å². The summed E-state index contributed by atoms with van der Waals surface area (Å²) in [7, 11) is 0. The molecular weight excluding hydrogens is 352 g/mol. The minimum Gasteiger partial charge on any atom is -0.343 e. The highest BCUT2D eigenvalue weighted by atomic mass is 35.5. The van der Waals surface area contributed by atoms with Gasteiger partial charge in [0, 0.05) is 32.1 Å². The van der Waals surface area contributed by atoms with E-state index in [4.69, 9.17) is 11.6 Å². The van der Waals surface area contributed by atoms with Gasteiger partial charge in [0.25, 0.3) is 0 Å². The molecule has 0 N–H and O–H groups in total. The Labute approximate surface area is 148 Å². The standard InChI is InChI=1S/C15H19ClN4OS2/c1-15(2,10-16)13(21)19-5-7-20(8-6-19)14-18-17-12(23-14)11-4-3-9-22-11/h3-4,9H,5-8,10H2,1-2H3. The van der Waals surface area contributed by atoms with E-state index in [1.807, 2.05) is 30.2 Å². The Morgan fingerprint density at radius 1 is 1.30 bits per heavy atom. The summed E-state index contributed by atoms with van der Waals surface area (Å²) in [6.45, 7) is 6.76. The number of aromatic nitrogens is 2. The summed E-state index contributed by atoms with van der Waals surface area (Å²) in [5.74, 6) is 0.468. The maximum absolute atomic E-state index is 12.5. The smallest absolute Gasteiger partial charge is 0.229 e. The molecule has 23 heavy (non-hydrogen) atoms. The number of piperazine rings is 1. The van der Waals surface area contributed by atoms with Gasteiger partial charge in [-0.05, 0) is 25.3 Å². The largest absolute Gasteiger partial charge is 0.343 e. The summed E-state index contributed by atoms with van der Waals surface area (Å²) >= 11 is 9.19. The molecule has 8 heteroatoms. The number of carbonyl (C=O) groups is 1. The van der Waals surface area contributed by atoms with Crippen LogP contribution in [0.15, 0.2) is 17.5 Å². The van der Waals surface area contributed by atoms with Gasteiger partial charge in [0.2, 0.25) is 11.0 Å². The normalized spacial score (nSPS) is 16.0. The Balaban J connectivity index is 1.62. The topological polar surface area (TPSA) is 49.3 Å². The summed E-state index contributed by atoms with van der Waals surface area (Å²) < 4.78 is 0. The van der Waals surface area contributed by atoms with E-state index in [9.17, 15) is 4.79 Å². The van der Waals surface area contributed by atoms with Gasteiger partial charge in [-0.2, -0.15) is 0 Å². The Morgan fingerprint density at radius 3 is 2.65 bits per heavy atom. The van der Waals surface area contributed by atoms with E-state index in [2.05, 4.69) is 21.2 Å².